The first-order valence-corrected chi connectivity index (χ1v) is 10.5. The van der Waals surface area contributed by atoms with Gasteiger partial charge < -0.3 is 10.1 Å². The number of aromatic nitrogens is 2. The van der Waals surface area contributed by atoms with Crippen LogP contribution in [0.5, 0.6) is 5.75 Å². The first kappa shape index (κ1) is 22.5. The summed E-state index contributed by atoms with van der Waals surface area (Å²) in [6.07, 6.45) is 3.28. The lowest BCUT2D eigenvalue weighted by molar-refractivity contribution is -0.136. The van der Waals surface area contributed by atoms with Gasteiger partial charge in [0, 0.05) is 17.3 Å². The minimum atomic E-state index is -0.908. The molecule has 34 heavy (non-hydrogen) atoms. The number of amides is 2. The minimum absolute atomic E-state index is 0.389. The van der Waals surface area contributed by atoms with Crippen molar-refractivity contribution in [2.45, 2.75) is 6.92 Å². The number of hydrogen-bond donors (Lipinski definition) is 2. The number of hydrogen-bond acceptors (Lipinski definition) is 5. The van der Waals surface area contributed by atoms with E-state index in [1.165, 1.54) is 13.3 Å². The van der Waals surface area contributed by atoms with Crippen molar-refractivity contribution in [2.75, 3.05) is 12.4 Å². The molecule has 0 atom stereocenters. The first-order chi connectivity index (χ1) is 16.5. The molecule has 4 aromatic rings. The molecule has 1 aromatic heterocycles. The molecule has 170 valence electrons. The van der Waals surface area contributed by atoms with E-state index >= 15 is 0 Å². The molecular formula is C26H23N5O3. The van der Waals surface area contributed by atoms with E-state index in [2.05, 4.69) is 15.8 Å². The molecule has 2 N–H and O–H groups in total. The fourth-order valence-corrected chi connectivity index (χ4v) is 3.27. The summed E-state index contributed by atoms with van der Waals surface area (Å²) in [5, 5.41) is 11.2. The van der Waals surface area contributed by atoms with Crippen LogP contribution in [0.25, 0.3) is 16.9 Å². The fourth-order valence-electron chi connectivity index (χ4n) is 3.27. The highest BCUT2D eigenvalue weighted by Gasteiger charge is 2.16. The third-order valence-corrected chi connectivity index (χ3v) is 5.02. The maximum atomic E-state index is 12.3. The zero-order valence-corrected chi connectivity index (χ0v) is 18.7. The number of nitrogens with zero attached hydrogens (tertiary/aromatic N) is 3. The average Bonchev–Trinajstić information content (AvgIpc) is 3.29. The second kappa shape index (κ2) is 10.3. The number of carbonyl (C=O) groups is 2. The van der Waals surface area contributed by atoms with Crippen molar-refractivity contribution < 1.29 is 14.3 Å². The number of hydrazone groups is 1. The Morgan fingerprint density at radius 2 is 1.65 bits per heavy atom. The van der Waals surface area contributed by atoms with Gasteiger partial charge in [-0.25, -0.2) is 10.1 Å². The summed E-state index contributed by atoms with van der Waals surface area (Å²) >= 11 is 0. The van der Waals surface area contributed by atoms with Crippen LogP contribution in [0.4, 0.5) is 5.69 Å². The van der Waals surface area contributed by atoms with E-state index in [1.54, 1.807) is 28.9 Å². The summed E-state index contributed by atoms with van der Waals surface area (Å²) in [5.74, 6) is -1.32. The summed E-state index contributed by atoms with van der Waals surface area (Å²) < 4.78 is 6.92. The van der Waals surface area contributed by atoms with E-state index < -0.39 is 11.8 Å². The van der Waals surface area contributed by atoms with Gasteiger partial charge in [-0.05, 0) is 31.2 Å². The first-order valence-electron chi connectivity index (χ1n) is 10.5. The molecule has 0 unspecified atom stereocenters. The topological polar surface area (TPSA) is 97.6 Å². The Morgan fingerprint density at radius 1 is 0.941 bits per heavy atom. The molecule has 1 heterocycles. The summed E-state index contributed by atoms with van der Waals surface area (Å²) in [6, 6.07) is 24.4. The molecule has 8 heteroatoms. The quantitative estimate of drug-likeness (QED) is 0.262. The molecule has 0 radical (unpaired) electrons. The van der Waals surface area contributed by atoms with Gasteiger partial charge >= 0.3 is 11.8 Å². The van der Waals surface area contributed by atoms with Gasteiger partial charge in [0.15, 0.2) is 0 Å². The Labute approximate surface area is 196 Å². The lowest BCUT2D eigenvalue weighted by atomic mass is 10.1. The van der Waals surface area contributed by atoms with E-state index in [1.807, 2.05) is 67.7 Å². The van der Waals surface area contributed by atoms with Gasteiger partial charge in [-0.1, -0.05) is 60.2 Å². The van der Waals surface area contributed by atoms with Gasteiger partial charge in [-0.2, -0.15) is 10.2 Å². The van der Waals surface area contributed by atoms with Crippen LogP contribution in [0.3, 0.4) is 0 Å². The summed E-state index contributed by atoms with van der Waals surface area (Å²) in [5.41, 5.74) is 6.95. The maximum absolute atomic E-state index is 12.3. The van der Waals surface area contributed by atoms with Crippen LogP contribution in [-0.4, -0.2) is 34.9 Å². The fraction of sp³-hybridized carbons (Fsp3) is 0.0769. The monoisotopic (exact) mass is 453 g/mol. The molecular weight excluding hydrogens is 430 g/mol. The van der Waals surface area contributed by atoms with E-state index in [9.17, 15) is 9.59 Å². The molecule has 0 fully saturated rings. The number of para-hydroxylation sites is 3. The third-order valence-electron chi connectivity index (χ3n) is 5.02. The number of benzene rings is 3. The molecule has 0 bridgehead atoms. The Balaban J connectivity index is 1.53. The molecule has 2 amide bonds. The molecule has 0 saturated carbocycles. The second-order valence-electron chi connectivity index (χ2n) is 7.43. The van der Waals surface area contributed by atoms with Gasteiger partial charge in [0.1, 0.15) is 11.4 Å². The molecule has 0 saturated heterocycles. The molecule has 3 aromatic carbocycles. The highest BCUT2D eigenvalue weighted by atomic mass is 16.5. The Bertz CT molecular complexity index is 1330. The average molecular weight is 454 g/mol. The second-order valence-corrected chi connectivity index (χ2v) is 7.43. The Morgan fingerprint density at radius 3 is 2.38 bits per heavy atom. The Hall–Kier alpha value is -4.72. The third kappa shape index (κ3) is 5.18. The predicted molar refractivity (Wildman–Crippen MR) is 131 cm³/mol. The van der Waals surface area contributed by atoms with E-state index in [4.69, 9.17) is 9.84 Å². The SMILES string of the molecule is COc1ccccc1NC(=O)C(=O)N/N=C/c1cn(-c2ccccc2)nc1-c1ccc(C)cc1. The van der Waals surface area contributed by atoms with Gasteiger partial charge in [-0.3, -0.25) is 9.59 Å². The van der Waals surface area contributed by atoms with Crippen LogP contribution in [0, 0.1) is 6.92 Å². The van der Waals surface area contributed by atoms with Crippen molar-refractivity contribution >= 4 is 23.7 Å². The van der Waals surface area contributed by atoms with E-state index in [0.717, 1.165) is 16.8 Å². The summed E-state index contributed by atoms with van der Waals surface area (Å²) in [4.78, 5) is 24.5. The van der Waals surface area contributed by atoms with Crippen molar-refractivity contribution in [1.29, 1.82) is 0 Å². The van der Waals surface area contributed by atoms with Crippen molar-refractivity contribution in [2.24, 2.45) is 5.10 Å². The lowest BCUT2D eigenvalue weighted by Crippen LogP contribution is -2.32. The van der Waals surface area contributed by atoms with Crippen LogP contribution >= 0.6 is 0 Å². The zero-order chi connectivity index (χ0) is 23.9. The van der Waals surface area contributed by atoms with Crippen LogP contribution < -0.4 is 15.5 Å². The van der Waals surface area contributed by atoms with E-state index in [0.29, 0.717) is 22.7 Å². The van der Waals surface area contributed by atoms with Gasteiger partial charge in [0.2, 0.25) is 0 Å². The zero-order valence-electron chi connectivity index (χ0n) is 18.7. The maximum Gasteiger partial charge on any atom is 0.329 e. The van der Waals surface area contributed by atoms with Crippen molar-refractivity contribution in [3.05, 3.63) is 96.2 Å². The van der Waals surface area contributed by atoms with Gasteiger partial charge in [-0.15, -0.1) is 0 Å². The molecule has 0 spiro atoms. The van der Waals surface area contributed by atoms with Crippen LogP contribution in [0.15, 0.2) is 90.2 Å². The number of rotatable bonds is 6. The minimum Gasteiger partial charge on any atom is -0.495 e. The molecule has 4 rings (SSSR count). The van der Waals surface area contributed by atoms with Gasteiger partial charge in [0.05, 0.1) is 24.7 Å². The van der Waals surface area contributed by atoms with Crippen LogP contribution in [0.1, 0.15) is 11.1 Å². The number of carbonyl (C=O) groups excluding carboxylic acids is 2. The summed E-state index contributed by atoms with van der Waals surface area (Å²) in [7, 11) is 1.48. The van der Waals surface area contributed by atoms with E-state index in [-0.39, 0.29) is 0 Å². The number of methoxy groups -OCH3 is 1. The van der Waals surface area contributed by atoms with Crippen molar-refractivity contribution in [3.8, 4) is 22.7 Å². The van der Waals surface area contributed by atoms with Gasteiger partial charge in [0.25, 0.3) is 0 Å². The molecule has 0 aliphatic rings. The van der Waals surface area contributed by atoms with Crippen LogP contribution in [-0.2, 0) is 9.59 Å². The van der Waals surface area contributed by atoms with Crippen molar-refractivity contribution in [3.63, 3.8) is 0 Å². The number of ether oxygens (including phenoxy) is 1. The summed E-state index contributed by atoms with van der Waals surface area (Å²) in [6.45, 7) is 2.01. The standard InChI is InChI=1S/C26H23N5O3/c1-18-12-14-19(15-13-18)24-20(17-31(30-24)21-8-4-3-5-9-21)16-27-29-26(33)25(32)28-22-10-6-7-11-23(22)34-2/h3-17H,1-2H3,(H,28,32)(H,29,33)/b27-16+. The number of nitrogens with one attached hydrogen (secondary N) is 2. The number of aryl methyl sites for hydroxylation is 1. The Kier molecular flexibility index (Phi) is 6.78. The molecule has 0 aliphatic heterocycles. The largest absolute Gasteiger partial charge is 0.495 e. The lowest BCUT2D eigenvalue weighted by Gasteiger charge is -2.08. The van der Waals surface area contributed by atoms with Crippen molar-refractivity contribution in [1.82, 2.24) is 15.2 Å². The predicted octanol–water partition coefficient (Wildman–Crippen LogP) is 3.95. The highest BCUT2D eigenvalue weighted by molar-refractivity contribution is 6.39. The van der Waals surface area contributed by atoms with Crippen LogP contribution in [0.2, 0.25) is 0 Å². The smallest absolute Gasteiger partial charge is 0.329 e. The molecule has 0 aliphatic carbocycles. The normalized spacial score (nSPS) is 10.8. The highest BCUT2D eigenvalue weighted by Crippen LogP contribution is 2.24. The number of anilines is 1. The molecule has 8 nitrogen and oxygen atoms in total.